The number of ether oxygens (including phenoxy) is 5. The molecule has 2 amide bonds. The number of nitrogens with zero attached hydrogens (tertiary/aromatic N) is 4. The number of hydrogen-bond acceptors (Lipinski definition) is 13. The molecule has 1 unspecified atom stereocenters. The molecular formula is C36H38N4O14. The Morgan fingerprint density at radius 2 is 1.17 bits per heavy atom. The summed E-state index contributed by atoms with van der Waals surface area (Å²) in [7, 11) is 3.71. The number of nitro groups is 2. The molecule has 0 aliphatic carbocycles. The van der Waals surface area contributed by atoms with Crippen LogP contribution in [0.4, 0.5) is 11.4 Å². The van der Waals surface area contributed by atoms with E-state index in [1.54, 1.807) is 38.2 Å². The fourth-order valence-corrected chi connectivity index (χ4v) is 5.86. The first-order valence-electron chi connectivity index (χ1n) is 16.4. The van der Waals surface area contributed by atoms with Gasteiger partial charge in [-0.25, -0.2) is 9.59 Å². The third kappa shape index (κ3) is 8.66. The number of benzene rings is 2. The molecule has 1 N–H and O–H groups in total. The molecule has 286 valence electrons. The Hall–Kier alpha value is -6.72. The van der Waals surface area contributed by atoms with E-state index < -0.39 is 62.6 Å². The second kappa shape index (κ2) is 17.7. The molecule has 2 aliphatic heterocycles. The minimum absolute atomic E-state index is 0.00953. The van der Waals surface area contributed by atoms with E-state index in [9.17, 15) is 44.5 Å². The van der Waals surface area contributed by atoms with Crippen molar-refractivity contribution in [2.45, 2.75) is 45.2 Å². The van der Waals surface area contributed by atoms with E-state index in [2.05, 4.69) is 0 Å². The number of rotatable bonds is 16. The first-order chi connectivity index (χ1) is 25.8. The maximum Gasteiger partial charge on any atom is 0.329 e. The maximum atomic E-state index is 13.6. The lowest BCUT2D eigenvalue weighted by Gasteiger charge is -2.22. The van der Waals surface area contributed by atoms with Crippen molar-refractivity contribution in [2.24, 2.45) is 0 Å². The van der Waals surface area contributed by atoms with Crippen molar-refractivity contribution < 1.29 is 57.8 Å². The van der Waals surface area contributed by atoms with Gasteiger partial charge in [-0.05, 0) is 25.0 Å². The monoisotopic (exact) mass is 750 g/mol. The van der Waals surface area contributed by atoms with Crippen LogP contribution in [0.25, 0.3) is 0 Å². The van der Waals surface area contributed by atoms with Crippen LogP contribution in [-0.4, -0.2) is 95.1 Å². The molecule has 0 aromatic heterocycles. The van der Waals surface area contributed by atoms with Gasteiger partial charge in [-0.15, -0.1) is 0 Å². The zero-order chi connectivity index (χ0) is 39.7. The number of carbonyl (C=O) groups excluding carboxylic acids is 3. The summed E-state index contributed by atoms with van der Waals surface area (Å²) in [5, 5.41) is 33.9. The molecule has 18 heteroatoms. The molecule has 2 heterocycles. The molecule has 0 saturated heterocycles. The number of hydrogen-bond donors (Lipinski definition) is 1. The van der Waals surface area contributed by atoms with E-state index in [4.69, 9.17) is 23.7 Å². The molecule has 0 radical (unpaired) electrons. The highest BCUT2D eigenvalue weighted by molar-refractivity contribution is 6.03. The number of nitro benzene ring substituents is 2. The Morgan fingerprint density at radius 1 is 0.741 bits per heavy atom. The van der Waals surface area contributed by atoms with E-state index in [0.717, 1.165) is 34.1 Å². The standard InChI is InChI=1S/C36H38N4O14/c1-6-9-21-13-27(35(43)44)37(19-21)33(41)23-15-29(50-3)31(17-25(23)39(46)47)53-11-8-12-54-32-18-26(40(48)49)24(16-30(32)51-4)34(42)38-20-22(10-7-2)14-28(38)36(45)52-5/h6-7,9-10,15-20,27-28H,8,11-14H2,1-5H3,(H,43,44)/b9-6+,10-7+/t27?,28-/m0/s1. The fraction of sp³-hybridized carbons (Fsp3) is 0.333. The average molecular weight is 751 g/mol. The van der Waals surface area contributed by atoms with Crippen LogP contribution in [0, 0.1) is 20.2 Å². The zero-order valence-electron chi connectivity index (χ0n) is 30.0. The molecule has 0 spiro atoms. The van der Waals surface area contributed by atoms with Crippen molar-refractivity contribution in [3.63, 3.8) is 0 Å². The van der Waals surface area contributed by atoms with E-state index in [-0.39, 0.29) is 61.0 Å². The van der Waals surface area contributed by atoms with Gasteiger partial charge in [0.15, 0.2) is 23.0 Å². The van der Waals surface area contributed by atoms with E-state index in [1.165, 1.54) is 33.7 Å². The number of esters is 1. The second-order valence-corrected chi connectivity index (χ2v) is 11.7. The SMILES string of the molecule is C/C=C/C1=CN(C(=O)c2cc(OC)c(OCCCOc3cc([N+](=O)[O-])c(C(=O)N4C=C(/C=C/C)C[C@H]4C(=O)OC)cc3OC)cc2[N+](=O)[O-])C(C(=O)O)C1. The van der Waals surface area contributed by atoms with Crippen LogP contribution >= 0.6 is 0 Å². The molecule has 2 atom stereocenters. The minimum atomic E-state index is -1.28. The first-order valence-corrected chi connectivity index (χ1v) is 16.4. The van der Waals surface area contributed by atoms with Gasteiger partial charge in [0.1, 0.15) is 23.2 Å². The minimum Gasteiger partial charge on any atom is -0.493 e. The number of carboxylic acid groups (broad SMARTS) is 1. The Kier molecular flexibility index (Phi) is 13.1. The summed E-state index contributed by atoms with van der Waals surface area (Å²) in [6, 6.07) is 1.98. The van der Waals surface area contributed by atoms with Crippen LogP contribution in [0.15, 0.2) is 72.1 Å². The molecule has 2 aliphatic rings. The lowest BCUT2D eigenvalue weighted by atomic mass is 10.1. The van der Waals surface area contributed by atoms with Gasteiger partial charge in [0.05, 0.1) is 56.5 Å². The highest BCUT2D eigenvalue weighted by atomic mass is 16.6. The van der Waals surface area contributed by atoms with Crippen molar-refractivity contribution in [1.82, 2.24) is 9.80 Å². The average Bonchev–Trinajstić information content (AvgIpc) is 3.78. The largest absolute Gasteiger partial charge is 0.493 e. The lowest BCUT2D eigenvalue weighted by Crippen LogP contribution is -2.39. The highest BCUT2D eigenvalue weighted by Gasteiger charge is 2.39. The summed E-state index contributed by atoms with van der Waals surface area (Å²) in [6.45, 7) is 3.29. The lowest BCUT2D eigenvalue weighted by molar-refractivity contribution is -0.385. The van der Waals surface area contributed by atoms with Crippen LogP contribution in [0.5, 0.6) is 23.0 Å². The smallest absolute Gasteiger partial charge is 0.329 e. The van der Waals surface area contributed by atoms with Crippen LogP contribution in [-0.2, 0) is 14.3 Å². The maximum absolute atomic E-state index is 13.6. The molecule has 0 saturated carbocycles. The van der Waals surface area contributed by atoms with Gasteiger partial charge in [0.2, 0.25) is 0 Å². The summed E-state index contributed by atoms with van der Waals surface area (Å²) < 4.78 is 27.0. The van der Waals surface area contributed by atoms with Gasteiger partial charge in [0, 0.05) is 43.8 Å². The number of carboxylic acids is 1. The number of methoxy groups -OCH3 is 3. The molecular weight excluding hydrogens is 712 g/mol. The predicted octanol–water partition coefficient (Wildman–Crippen LogP) is 4.97. The third-order valence-electron chi connectivity index (χ3n) is 8.35. The van der Waals surface area contributed by atoms with Crippen LogP contribution in [0.3, 0.4) is 0 Å². The Balaban J connectivity index is 1.51. The summed E-state index contributed by atoms with van der Waals surface area (Å²) in [5.41, 5.74) is -0.816. The molecule has 2 aromatic rings. The predicted molar refractivity (Wildman–Crippen MR) is 189 cm³/mol. The van der Waals surface area contributed by atoms with Gasteiger partial charge in [-0.1, -0.05) is 24.3 Å². The quantitative estimate of drug-likeness (QED) is 0.103. The number of amides is 2. The second-order valence-electron chi connectivity index (χ2n) is 11.7. The number of allylic oxidation sites excluding steroid dienone is 4. The Labute approximate surface area is 308 Å². The molecule has 0 bridgehead atoms. The van der Waals surface area contributed by atoms with E-state index in [1.807, 2.05) is 0 Å². The van der Waals surface area contributed by atoms with E-state index >= 15 is 0 Å². The van der Waals surface area contributed by atoms with Gasteiger partial charge in [0.25, 0.3) is 23.2 Å². The van der Waals surface area contributed by atoms with Crippen molar-refractivity contribution >= 4 is 35.1 Å². The Bertz CT molecular complexity index is 1970. The van der Waals surface area contributed by atoms with Gasteiger partial charge >= 0.3 is 11.9 Å². The number of carbonyl (C=O) groups is 4. The topological polar surface area (TPSA) is 227 Å². The Morgan fingerprint density at radius 3 is 1.54 bits per heavy atom. The normalized spacial score (nSPS) is 16.6. The van der Waals surface area contributed by atoms with Crippen LogP contribution in [0.2, 0.25) is 0 Å². The van der Waals surface area contributed by atoms with Crippen molar-refractivity contribution in [3.8, 4) is 23.0 Å². The van der Waals surface area contributed by atoms with Gasteiger partial charge in [-0.3, -0.25) is 39.6 Å². The third-order valence-corrected chi connectivity index (χ3v) is 8.35. The van der Waals surface area contributed by atoms with Gasteiger partial charge < -0.3 is 28.8 Å². The molecule has 2 aromatic carbocycles. The number of aliphatic carboxylic acids is 1. The van der Waals surface area contributed by atoms with Crippen molar-refractivity contribution in [2.75, 3.05) is 34.5 Å². The highest BCUT2D eigenvalue weighted by Crippen LogP contribution is 2.39. The summed E-state index contributed by atoms with van der Waals surface area (Å²) >= 11 is 0. The fourth-order valence-electron chi connectivity index (χ4n) is 5.86. The van der Waals surface area contributed by atoms with Gasteiger partial charge in [-0.2, -0.15) is 0 Å². The summed E-state index contributed by atoms with van der Waals surface area (Å²) in [6.07, 6.45) is 9.83. The summed E-state index contributed by atoms with van der Waals surface area (Å²) in [5.74, 6) is -3.92. The molecule has 0 fully saturated rings. The first kappa shape index (κ1) is 40.1. The van der Waals surface area contributed by atoms with Crippen LogP contribution < -0.4 is 18.9 Å². The van der Waals surface area contributed by atoms with Crippen molar-refractivity contribution in [3.05, 3.63) is 103 Å². The summed E-state index contributed by atoms with van der Waals surface area (Å²) in [4.78, 5) is 76.1. The molecule has 4 rings (SSSR count). The van der Waals surface area contributed by atoms with Crippen LogP contribution in [0.1, 0.15) is 53.8 Å². The van der Waals surface area contributed by atoms with E-state index in [0.29, 0.717) is 11.1 Å². The van der Waals surface area contributed by atoms with Crippen molar-refractivity contribution in [1.29, 1.82) is 0 Å². The zero-order valence-corrected chi connectivity index (χ0v) is 30.0. The molecule has 18 nitrogen and oxygen atoms in total. The molecule has 54 heavy (non-hydrogen) atoms.